The van der Waals surface area contributed by atoms with Gasteiger partial charge in [0.15, 0.2) is 0 Å². The third-order valence-corrected chi connectivity index (χ3v) is 6.75. The summed E-state index contributed by atoms with van der Waals surface area (Å²) in [6, 6.07) is 30.0. The summed E-state index contributed by atoms with van der Waals surface area (Å²) in [7, 11) is -2.30. The zero-order chi connectivity index (χ0) is 42.7. The normalized spacial score (nSPS) is 8.65. The molecular formula is C48H80BrIMgOSi2. The number of hydrogen-bond donors (Lipinski definition) is 0. The van der Waals surface area contributed by atoms with Gasteiger partial charge >= 0.3 is 23.1 Å². The smallest absolute Gasteiger partial charge is 1.00 e. The van der Waals surface area contributed by atoms with Gasteiger partial charge in [0.1, 0.15) is 16.1 Å². The van der Waals surface area contributed by atoms with Crippen LogP contribution in [0.2, 0.25) is 39.3 Å². The van der Waals surface area contributed by atoms with E-state index in [-0.39, 0.29) is 40.0 Å². The first-order chi connectivity index (χ1) is 25.0. The first-order valence-electron chi connectivity index (χ1n) is 19.1. The molecule has 1 heterocycles. The van der Waals surface area contributed by atoms with E-state index in [9.17, 15) is 0 Å². The van der Waals surface area contributed by atoms with Crippen LogP contribution in [-0.2, 0) is 4.74 Å². The van der Waals surface area contributed by atoms with Crippen LogP contribution in [0.5, 0.6) is 0 Å². The van der Waals surface area contributed by atoms with Crippen LogP contribution in [0, 0.1) is 52.2 Å². The molecule has 0 atom stereocenters. The summed E-state index contributed by atoms with van der Waals surface area (Å²) in [5.74, 6) is 5.72. The molecule has 0 spiro atoms. The molecule has 3 aromatic carbocycles. The number of halogens is 2. The molecular weight excluding hydrogens is 880 g/mol. The summed E-state index contributed by atoms with van der Waals surface area (Å²) >= 11 is 2.28. The fraction of sp³-hybridized carbons (Fsp3) is 0.458. The molecule has 0 N–H and O–H groups in total. The Balaban J connectivity index is -0.0000000522. The van der Waals surface area contributed by atoms with Crippen LogP contribution >= 0.6 is 22.6 Å². The Morgan fingerprint density at radius 3 is 0.981 bits per heavy atom. The fourth-order valence-electron chi connectivity index (χ4n) is 2.24. The topological polar surface area (TPSA) is 9.23 Å². The van der Waals surface area contributed by atoms with E-state index in [0.29, 0.717) is 0 Å². The number of benzene rings is 3. The van der Waals surface area contributed by atoms with Gasteiger partial charge in [-0.05, 0) is 71.8 Å². The summed E-state index contributed by atoms with van der Waals surface area (Å²) < 4.78 is 6.24. The SMILES string of the molecule is C#C[Si](C)(C)C.C#Cc1ccccc1.C1CCOC1.CC.CC.CC.CC.CC.CC.C[Si](C)(C)C#Cc1ccccc1.Ic1ccccc1.[Br-].[C-]#C.[Mg+2]. The third kappa shape index (κ3) is 83.3. The quantitative estimate of drug-likeness (QED) is 0.0944. The second kappa shape index (κ2) is 69.2. The van der Waals surface area contributed by atoms with Crippen LogP contribution in [0.3, 0.4) is 0 Å². The maximum Gasteiger partial charge on any atom is 2.00 e. The van der Waals surface area contributed by atoms with Gasteiger partial charge in [0, 0.05) is 27.9 Å². The zero-order valence-electron chi connectivity index (χ0n) is 38.1. The Morgan fingerprint density at radius 2 is 0.815 bits per heavy atom. The van der Waals surface area contributed by atoms with Crippen LogP contribution in [0.1, 0.15) is 107 Å². The molecule has 302 valence electrons. The van der Waals surface area contributed by atoms with Crippen molar-refractivity contribution >= 4 is 61.8 Å². The molecule has 4 rings (SSSR count). The van der Waals surface area contributed by atoms with Crippen LogP contribution < -0.4 is 17.0 Å². The average molecular weight is 960 g/mol. The van der Waals surface area contributed by atoms with E-state index in [4.69, 9.17) is 24.0 Å². The molecule has 0 aliphatic carbocycles. The van der Waals surface area contributed by atoms with Crippen molar-refractivity contribution in [2.45, 2.75) is 135 Å². The molecule has 0 aromatic heterocycles. The van der Waals surface area contributed by atoms with Crippen molar-refractivity contribution in [2.24, 2.45) is 0 Å². The first kappa shape index (κ1) is 76.9. The predicted octanol–water partition coefficient (Wildman–Crippen LogP) is 12.2. The van der Waals surface area contributed by atoms with E-state index in [2.05, 4.69) is 103 Å². The molecule has 1 nitrogen and oxygen atoms in total. The van der Waals surface area contributed by atoms with Gasteiger partial charge in [-0.3, -0.25) is 0 Å². The van der Waals surface area contributed by atoms with E-state index >= 15 is 0 Å². The Labute approximate surface area is 382 Å². The van der Waals surface area contributed by atoms with Crippen LogP contribution in [0.4, 0.5) is 0 Å². The molecule has 1 aliphatic heterocycles. The molecule has 1 fully saturated rings. The molecule has 6 heteroatoms. The molecule has 0 unspecified atom stereocenters. The number of rotatable bonds is 0. The van der Waals surface area contributed by atoms with Crippen molar-refractivity contribution < 1.29 is 21.7 Å². The summed E-state index contributed by atoms with van der Waals surface area (Å²) in [6.07, 6.45) is 21.8. The maximum absolute atomic E-state index is 5.25. The molecule has 1 saturated heterocycles. The summed E-state index contributed by atoms with van der Waals surface area (Å²) in [5, 5.41) is 0. The van der Waals surface area contributed by atoms with Crippen molar-refractivity contribution in [1.29, 1.82) is 0 Å². The van der Waals surface area contributed by atoms with E-state index in [1.807, 2.05) is 162 Å². The number of hydrogen-bond acceptors (Lipinski definition) is 1. The molecule has 1 aliphatic rings. The standard InChI is InChI=1S/C11H14Si.C8H6.C6H5I.C5H10Si.C4H8O.6C2H6.C2H.BrH.Mg/c1-12(2,3)10-9-11-7-5-4-6-8-11;1-2-8-6-4-3-5-7-8;7-6-4-2-1-3-5-6;1-5-6(2,3)4;1-2-4-5-3-1;7*1-2;;/h4-8H,1-3H3;1,3-7H;1-5H;1H,2-4H3;1-4H2;6*1-2H3;1H;1H;/q;;;;;;;;;;;-1;;+2/p-1. The maximum atomic E-state index is 5.25. The average Bonchev–Trinajstić information content (AvgIpc) is 3.82. The third-order valence-electron chi connectivity index (χ3n) is 4.29. The van der Waals surface area contributed by atoms with Crippen LogP contribution in [-0.4, -0.2) is 52.4 Å². The van der Waals surface area contributed by atoms with Gasteiger partial charge in [-0.25, -0.2) is 0 Å². The zero-order valence-corrected chi connectivity index (χ0v) is 45.2. The monoisotopic (exact) mass is 958 g/mol. The van der Waals surface area contributed by atoms with E-state index in [1.54, 1.807) is 0 Å². The number of ether oxygens (including phenoxy) is 1. The van der Waals surface area contributed by atoms with Gasteiger partial charge in [0.05, 0.1) is 0 Å². The van der Waals surface area contributed by atoms with Gasteiger partial charge in [-0.2, -0.15) is 0 Å². The van der Waals surface area contributed by atoms with Gasteiger partial charge < -0.3 is 34.6 Å². The number of terminal acetylenes is 3. The largest absolute Gasteiger partial charge is 2.00 e. The Kier molecular flexibility index (Phi) is 98.5. The van der Waals surface area contributed by atoms with Crippen molar-refractivity contribution in [1.82, 2.24) is 0 Å². The van der Waals surface area contributed by atoms with Crippen LogP contribution in [0.15, 0.2) is 91.0 Å². The van der Waals surface area contributed by atoms with E-state index < -0.39 is 16.1 Å². The second-order valence-corrected chi connectivity index (χ2v) is 21.2. The minimum absolute atomic E-state index is 0. The molecule has 3 aromatic rings. The van der Waals surface area contributed by atoms with Crippen molar-refractivity contribution in [2.75, 3.05) is 13.2 Å². The summed E-state index contributed by atoms with van der Waals surface area (Å²) in [5.41, 5.74) is 8.13. The molecule has 0 radical (unpaired) electrons. The predicted molar refractivity (Wildman–Crippen MR) is 264 cm³/mol. The Hall–Kier alpha value is -1.73. The van der Waals surface area contributed by atoms with Crippen molar-refractivity contribution in [3.63, 3.8) is 0 Å². The van der Waals surface area contributed by atoms with Gasteiger partial charge in [-0.1, -0.05) is 189 Å². The second-order valence-electron chi connectivity index (χ2n) is 10.4. The molecule has 0 saturated carbocycles. The summed E-state index contributed by atoms with van der Waals surface area (Å²) in [6.45, 7) is 39.2. The van der Waals surface area contributed by atoms with Gasteiger partial charge in [0.25, 0.3) is 0 Å². The molecule has 0 amide bonds. The first-order valence-corrected chi connectivity index (χ1v) is 27.2. The molecule has 54 heavy (non-hydrogen) atoms. The minimum atomic E-state index is -1.20. The van der Waals surface area contributed by atoms with Crippen molar-refractivity contribution in [3.05, 3.63) is 112 Å². The molecule has 0 bridgehead atoms. The van der Waals surface area contributed by atoms with E-state index in [0.717, 1.165) is 24.3 Å². The van der Waals surface area contributed by atoms with Crippen molar-refractivity contribution in [3.8, 4) is 42.2 Å². The summed E-state index contributed by atoms with van der Waals surface area (Å²) in [4.78, 5) is 0. The fourth-order valence-corrected chi connectivity index (χ4v) is 3.18. The van der Waals surface area contributed by atoms with E-state index in [1.165, 1.54) is 16.4 Å². The van der Waals surface area contributed by atoms with Gasteiger partial charge in [-0.15, -0.1) is 23.9 Å². The Morgan fingerprint density at radius 1 is 0.537 bits per heavy atom. The minimum Gasteiger partial charge on any atom is -1.00 e. The van der Waals surface area contributed by atoms with Crippen LogP contribution in [0.25, 0.3) is 0 Å². The Bertz CT molecular complexity index is 1170. The van der Waals surface area contributed by atoms with Gasteiger partial charge in [0.2, 0.25) is 0 Å².